The standard InChI is InChI=1S/2C6H12O6.Na/c2*7-1-3(9)5(11)6(12)4(10)2-8;/h2*1,3-6,8-12H,2H2;/t2*3-,4+,5+,6+;/m00./s1. The molecule has 0 spiro atoms. The van der Waals surface area contributed by atoms with Crippen molar-refractivity contribution in [1.82, 2.24) is 0 Å². The van der Waals surface area contributed by atoms with Crippen molar-refractivity contribution in [1.29, 1.82) is 0 Å². The Morgan fingerprint density at radius 3 is 0.960 bits per heavy atom. The van der Waals surface area contributed by atoms with E-state index in [4.69, 9.17) is 51.1 Å². The van der Waals surface area contributed by atoms with E-state index in [1.807, 2.05) is 0 Å². The minimum Gasteiger partial charge on any atom is -0.394 e. The monoisotopic (exact) mass is 383 g/mol. The smallest absolute Gasteiger partial charge is 0.151 e. The second kappa shape index (κ2) is 16.1. The summed E-state index contributed by atoms with van der Waals surface area (Å²) in [6, 6.07) is 0. The van der Waals surface area contributed by atoms with Gasteiger partial charge in [0.25, 0.3) is 0 Å². The summed E-state index contributed by atoms with van der Waals surface area (Å²) >= 11 is 0. The van der Waals surface area contributed by atoms with E-state index in [0.29, 0.717) is 0 Å². The third kappa shape index (κ3) is 11.3. The van der Waals surface area contributed by atoms with Gasteiger partial charge in [0.2, 0.25) is 0 Å². The number of hydrogen-bond acceptors (Lipinski definition) is 12. The zero-order chi connectivity index (χ0) is 19.4. The summed E-state index contributed by atoms with van der Waals surface area (Å²) in [5, 5.41) is 87.1. The van der Waals surface area contributed by atoms with Crippen LogP contribution in [0.5, 0.6) is 0 Å². The minimum atomic E-state index is -1.79. The van der Waals surface area contributed by atoms with Crippen molar-refractivity contribution in [3.63, 3.8) is 0 Å². The van der Waals surface area contributed by atoms with E-state index >= 15 is 0 Å². The summed E-state index contributed by atoms with van der Waals surface area (Å²) in [6.07, 6.45) is -13.7. The molecule has 10 N–H and O–H groups in total. The molecule has 0 amide bonds. The van der Waals surface area contributed by atoms with Crippen molar-refractivity contribution in [3.05, 3.63) is 0 Å². The first-order valence-electron chi connectivity index (χ1n) is 6.65. The van der Waals surface area contributed by atoms with Gasteiger partial charge < -0.3 is 60.7 Å². The van der Waals surface area contributed by atoms with E-state index in [9.17, 15) is 9.59 Å². The van der Waals surface area contributed by atoms with Gasteiger partial charge in [-0.15, -0.1) is 0 Å². The maximum atomic E-state index is 9.90. The molecule has 0 aliphatic rings. The van der Waals surface area contributed by atoms with Crippen molar-refractivity contribution in [2.75, 3.05) is 13.2 Å². The predicted molar refractivity (Wildman–Crippen MR) is 80.1 cm³/mol. The van der Waals surface area contributed by atoms with E-state index < -0.39 is 62.0 Å². The summed E-state index contributed by atoms with van der Waals surface area (Å²) in [5.74, 6) is 0. The second-order valence-corrected chi connectivity index (χ2v) is 4.72. The fourth-order valence-corrected chi connectivity index (χ4v) is 1.24. The van der Waals surface area contributed by atoms with E-state index in [0.717, 1.165) is 0 Å². The average Bonchev–Trinajstić information content (AvgIpc) is 2.62. The molecule has 8 atom stereocenters. The first-order chi connectivity index (χ1) is 11.1. The topological polar surface area (TPSA) is 236 Å². The number of aliphatic hydroxyl groups excluding tert-OH is 10. The van der Waals surface area contributed by atoms with Crippen LogP contribution < -0.4 is 0 Å². The van der Waals surface area contributed by atoms with Crippen LogP contribution in [0.3, 0.4) is 0 Å². The molecule has 0 aromatic heterocycles. The van der Waals surface area contributed by atoms with Crippen molar-refractivity contribution >= 4 is 42.1 Å². The van der Waals surface area contributed by atoms with Crippen LogP contribution in [0.25, 0.3) is 0 Å². The molecule has 1 radical (unpaired) electrons. The SMILES string of the molecule is O=C[C@H](O)[C@@H](O)[C@H](O)[C@H](O)CO.O=C[C@H](O)[C@@H](O)[C@H](O)[C@H](O)CO.[Na]. The summed E-state index contributed by atoms with van der Waals surface area (Å²) in [5.41, 5.74) is 0. The molecule has 0 bridgehead atoms. The average molecular weight is 383 g/mol. The Balaban J connectivity index is -0.000000372. The normalized spacial score (nSPS) is 20.2. The van der Waals surface area contributed by atoms with Gasteiger partial charge in [-0.2, -0.15) is 0 Å². The Kier molecular flexibility index (Phi) is 19.2. The fraction of sp³-hybridized carbons (Fsp3) is 0.833. The molecule has 25 heavy (non-hydrogen) atoms. The Morgan fingerprint density at radius 2 is 0.800 bits per heavy atom. The number of carbonyl (C=O) groups excluding carboxylic acids is 2. The maximum absolute atomic E-state index is 9.90. The first-order valence-corrected chi connectivity index (χ1v) is 6.65. The zero-order valence-corrected chi connectivity index (χ0v) is 15.5. The molecule has 0 aliphatic carbocycles. The van der Waals surface area contributed by atoms with Gasteiger partial charge in [-0.05, 0) is 0 Å². The van der Waals surface area contributed by atoms with Gasteiger partial charge in [-0.3, -0.25) is 0 Å². The van der Waals surface area contributed by atoms with Crippen molar-refractivity contribution in [2.45, 2.75) is 48.8 Å². The van der Waals surface area contributed by atoms with Crippen LogP contribution in [0.2, 0.25) is 0 Å². The van der Waals surface area contributed by atoms with Gasteiger partial charge in [0.1, 0.15) is 48.8 Å². The van der Waals surface area contributed by atoms with Crippen LogP contribution in [0, 0.1) is 0 Å². The second-order valence-electron chi connectivity index (χ2n) is 4.72. The predicted octanol–water partition coefficient (Wildman–Crippen LogP) is -7.14. The summed E-state index contributed by atoms with van der Waals surface area (Å²) in [4.78, 5) is 19.8. The fourth-order valence-electron chi connectivity index (χ4n) is 1.24. The Bertz CT molecular complexity index is 314. The molecule has 0 aliphatic heterocycles. The maximum Gasteiger partial charge on any atom is 0.151 e. The molecule has 0 rings (SSSR count). The number of aliphatic hydroxyl groups is 10. The van der Waals surface area contributed by atoms with E-state index in [-0.39, 0.29) is 42.1 Å². The van der Waals surface area contributed by atoms with Gasteiger partial charge in [0.15, 0.2) is 12.6 Å². The summed E-state index contributed by atoms with van der Waals surface area (Å²) < 4.78 is 0. The van der Waals surface area contributed by atoms with Crippen LogP contribution >= 0.6 is 0 Å². The molecular weight excluding hydrogens is 359 g/mol. The largest absolute Gasteiger partial charge is 0.394 e. The molecule has 12 nitrogen and oxygen atoms in total. The van der Waals surface area contributed by atoms with Crippen LogP contribution in [0.4, 0.5) is 0 Å². The van der Waals surface area contributed by atoms with E-state index in [1.54, 1.807) is 0 Å². The number of aldehydes is 2. The summed E-state index contributed by atoms with van der Waals surface area (Å²) in [7, 11) is 0. The van der Waals surface area contributed by atoms with Crippen molar-refractivity contribution < 1.29 is 60.7 Å². The van der Waals surface area contributed by atoms with Gasteiger partial charge in [-0.25, -0.2) is 0 Å². The molecule has 13 heteroatoms. The minimum absolute atomic E-state index is 0. The van der Waals surface area contributed by atoms with Gasteiger partial charge in [0.05, 0.1) is 13.2 Å². The van der Waals surface area contributed by atoms with Gasteiger partial charge in [0, 0.05) is 29.6 Å². The Morgan fingerprint density at radius 1 is 0.560 bits per heavy atom. The molecule has 0 aromatic rings. The van der Waals surface area contributed by atoms with Crippen LogP contribution in [-0.2, 0) is 9.59 Å². The molecule has 0 fully saturated rings. The van der Waals surface area contributed by atoms with Crippen molar-refractivity contribution in [3.8, 4) is 0 Å². The number of rotatable bonds is 10. The Hall–Kier alpha value is -0.0600. The third-order valence-corrected chi connectivity index (χ3v) is 2.84. The number of hydrogen-bond donors (Lipinski definition) is 10. The van der Waals surface area contributed by atoms with Crippen LogP contribution in [-0.4, -0.2) is 155 Å². The molecule has 0 aromatic carbocycles. The van der Waals surface area contributed by atoms with Crippen LogP contribution in [0.1, 0.15) is 0 Å². The summed E-state index contributed by atoms with van der Waals surface area (Å²) in [6.45, 7) is -1.52. The Labute approximate surface area is 164 Å². The van der Waals surface area contributed by atoms with E-state index in [1.165, 1.54) is 0 Å². The third-order valence-electron chi connectivity index (χ3n) is 2.84. The molecule has 0 heterocycles. The van der Waals surface area contributed by atoms with Crippen molar-refractivity contribution in [2.24, 2.45) is 0 Å². The first kappa shape index (κ1) is 29.7. The molecule has 0 saturated carbocycles. The zero-order valence-electron chi connectivity index (χ0n) is 13.5. The quantitative estimate of drug-likeness (QED) is 0.125. The molecule has 145 valence electrons. The molecule has 0 saturated heterocycles. The van der Waals surface area contributed by atoms with Gasteiger partial charge in [-0.1, -0.05) is 0 Å². The molecular formula is C12H24NaO12. The van der Waals surface area contributed by atoms with E-state index in [2.05, 4.69) is 0 Å². The number of carbonyl (C=O) groups is 2. The van der Waals surface area contributed by atoms with Crippen LogP contribution in [0.15, 0.2) is 0 Å². The van der Waals surface area contributed by atoms with Gasteiger partial charge >= 0.3 is 0 Å². The molecule has 0 unspecified atom stereocenters.